The second-order valence-corrected chi connectivity index (χ2v) is 2.28. The van der Waals surface area contributed by atoms with Gasteiger partial charge in [0.15, 0.2) is 0 Å². The number of carbonyl (C=O) groups is 1. The average molecular weight is 187 g/mol. The molecule has 0 saturated heterocycles. The predicted octanol–water partition coefficient (Wildman–Crippen LogP) is 1.61. The van der Waals surface area contributed by atoms with Gasteiger partial charge in [0.1, 0.15) is 12.8 Å². The molecule has 0 radical (unpaired) electrons. The third-order valence-electron chi connectivity index (χ3n) is 1.23. The van der Waals surface area contributed by atoms with Gasteiger partial charge in [0, 0.05) is 11.8 Å². The molecular weight excluding hydrogens is 174 g/mol. The number of carbonyl (C=O) groups excluding carboxylic acids is 1. The van der Waals surface area contributed by atoms with Crippen LogP contribution < -0.4 is 0 Å². The van der Waals surface area contributed by atoms with Crippen molar-refractivity contribution < 1.29 is 14.3 Å². The summed E-state index contributed by atoms with van der Waals surface area (Å²) < 4.78 is 9.70. The summed E-state index contributed by atoms with van der Waals surface area (Å²) in [6.45, 7) is 3.60. The molecule has 0 amide bonds. The maximum absolute atomic E-state index is 10.3. The number of azide groups is 1. The van der Waals surface area contributed by atoms with Crippen molar-refractivity contribution >= 4 is 5.97 Å². The summed E-state index contributed by atoms with van der Waals surface area (Å²) in [5, 5.41) is 3.38. The van der Waals surface area contributed by atoms with E-state index in [4.69, 9.17) is 10.3 Å². The summed E-state index contributed by atoms with van der Waals surface area (Å²) in [6.07, 6.45) is 0.130. The molecular formula is C7H13N3O3. The maximum atomic E-state index is 10.3. The van der Waals surface area contributed by atoms with Crippen molar-refractivity contribution in [2.75, 3.05) is 13.2 Å². The van der Waals surface area contributed by atoms with Gasteiger partial charge in [-0.25, -0.2) is 0 Å². The molecule has 0 rings (SSSR count). The minimum Gasteiger partial charge on any atom is -0.463 e. The first-order valence-electron chi connectivity index (χ1n) is 3.99. The summed E-state index contributed by atoms with van der Waals surface area (Å²) in [7, 11) is 0. The van der Waals surface area contributed by atoms with Crippen LogP contribution >= 0.6 is 0 Å². The monoisotopic (exact) mass is 187 g/mol. The summed E-state index contributed by atoms with van der Waals surface area (Å²) in [6, 6.07) is 0. The zero-order valence-corrected chi connectivity index (χ0v) is 7.77. The van der Waals surface area contributed by atoms with Crippen molar-refractivity contribution in [1.29, 1.82) is 0 Å². The Balaban J connectivity index is 3.49. The quantitative estimate of drug-likeness (QED) is 0.208. The third kappa shape index (κ3) is 7.11. The van der Waals surface area contributed by atoms with Crippen LogP contribution in [0.15, 0.2) is 5.11 Å². The fraction of sp³-hybridized carbons (Fsp3) is 0.857. The van der Waals surface area contributed by atoms with E-state index in [2.05, 4.69) is 14.8 Å². The van der Waals surface area contributed by atoms with E-state index in [1.165, 1.54) is 6.92 Å². The first-order chi connectivity index (χ1) is 6.20. The molecule has 0 saturated carbocycles. The average Bonchev–Trinajstić information content (AvgIpc) is 2.10. The van der Waals surface area contributed by atoms with Crippen LogP contribution in [0.1, 0.15) is 20.3 Å². The van der Waals surface area contributed by atoms with Gasteiger partial charge in [0.05, 0.1) is 6.61 Å². The van der Waals surface area contributed by atoms with E-state index in [1.54, 1.807) is 0 Å². The van der Waals surface area contributed by atoms with Crippen LogP contribution in [-0.4, -0.2) is 25.4 Å². The van der Waals surface area contributed by atoms with E-state index in [9.17, 15) is 4.79 Å². The van der Waals surface area contributed by atoms with E-state index in [-0.39, 0.29) is 19.2 Å². The third-order valence-corrected chi connectivity index (χ3v) is 1.23. The van der Waals surface area contributed by atoms with Crippen LogP contribution in [0.2, 0.25) is 0 Å². The first-order valence-corrected chi connectivity index (χ1v) is 3.99. The molecule has 74 valence electrons. The Morgan fingerprint density at radius 3 is 2.77 bits per heavy atom. The van der Waals surface area contributed by atoms with Gasteiger partial charge in [-0.2, -0.15) is 0 Å². The predicted molar refractivity (Wildman–Crippen MR) is 45.8 cm³/mol. The molecule has 1 atom stereocenters. The highest BCUT2D eigenvalue weighted by Crippen LogP contribution is 1.99. The van der Waals surface area contributed by atoms with Gasteiger partial charge < -0.3 is 9.47 Å². The van der Waals surface area contributed by atoms with E-state index < -0.39 is 6.23 Å². The topological polar surface area (TPSA) is 84.3 Å². The molecule has 0 aliphatic heterocycles. The molecule has 0 aliphatic rings. The number of hydrogen-bond acceptors (Lipinski definition) is 4. The molecule has 0 bridgehead atoms. The molecule has 0 heterocycles. The van der Waals surface area contributed by atoms with Crippen LogP contribution in [0.3, 0.4) is 0 Å². The second kappa shape index (κ2) is 7.39. The Morgan fingerprint density at radius 2 is 2.31 bits per heavy atom. The first kappa shape index (κ1) is 11.7. The standard InChI is InChI=1S/C7H13N3O3/c1-3-7(9-10-8)13-5-4-12-6(2)11/h7H,3-5H2,1-2H3. The SMILES string of the molecule is CCC(N=[N+]=[N-])OCCOC(C)=O. The molecule has 0 N–H and O–H groups in total. The van der Waals surface area contributed by atoms with Gasteiger partial charge in [0.25, 0.3) is 0 Å². The van der Waals surface area contributed by atoms with Crippen LogP contribution in [0.25, 0.3) is 10.4 Å². The highest BCUT2D eigenvalue weighted by atomic mass is 16.6. The Kier molecular flexibility index (Phi) is 6.68. The zero-order chi connectivity index (χ0) is 10.1. The van der Waals surface area contributed by atoms with Crippen molar-refractivity contribution in [2.45, 2.75) is 26.5 Å². The van der Waals surface area contributed by atoms with Crippen molar-refractivity contribution in [2.24, 2.45) is 5.11 Å². The van der Waals surface area contributed by atoms with Crippen LogP contribution in [0, 0.1) is 0 Å². The van der Waals surface area contributed by atoms with Crippen molar-refractivity contribution in [3.8, 4) is 0 Å². The van der Waals surface area contributed by atoms with Gasteiger partial charge in [-0.05, 0) is 12.0 Å². The number of ether oxygens (including phenoxy) is 2. The maximum Gasteiger partial charge on any atom is 0.302 e. The highest BCUT2D eigenvalue weighted by Gasteiger charge is 2.02. The molecule has 0 aromatic carbocycles. The Morgan fingerprint density at radius 1 is 1.62 bits per heavy atom. The van der Waals surface area contributed by atoms with Gasteiger partial charge in [-0.1, -0.05) is 12.0 Å². The summed E-state index contributed by atoms with van der Waals surface area (Å²) in [5.41, 5.74) is 8.11. The molecule has 6 nitrogen and oxygen atoms in total. The Labute approximate surface area is 76.5 Å². The molecule has 0 aromatic rings. The molecule has 0 aromatic heterocycles. The normalized spacial score (nSPS) is 11.5. The molecule has 1 unspecified atom stereocenters. The number of esters is 1. The van der Waals surface area contributed by atoms with Crippen LogP contribution in [-0.2, 0) is 14.3 Å². The van der Waals surface area contributed by atoms with Crippen molar-refractivity contribution in [3.63, 3.8) is 0 Å². The van der Waals surface area contributed by atoms with Gasteiger partial charge in [-0.15, -0.1) is 0 Å². The lowest BCUT2D eigenvalue weighted by atomic mass is 10.4. The molecule has 0 fully saturated rings. The van der Waals surface area contributed by atoms with Crippen LogP contribution in [0.4, 0.5) is 0 Å². The number of hydrogen-bond donors (Lipinski definition) is 0. The van der Waals surface area contributed by atoms with Gasteiger partial charge >= 0.3 is 5.97 Å². The minimum absolute atomic E-state index is 0.187. The van der Waals surface area contributed by atoms with Gasteiger partial charge in [0.2, 0.25) is 0 Å². The minimum atomic E-state index is -0.472. The molecule has 13 heavy (non-hydrogen) atoms. The lowest BCUT2D eigenvalue weighted by molar-refractivity contribution is -0.143. The second-order valence-electron chi connectivity index (χ2n) is 2.28. The van der Waals surface area contributed by atoms with E-state index >= 15 is 0 Å². The number of nitrogens with zero attached hydrogens (tertiary/aromatic N) is 3. The van der Waals surface area contributed by atoms with Crippen molar-refractivity contribution in [1.82, 2.24) is 0 Å². The van der Waals surface area contributed by atoms with Gasteiger partial charge in [-0.3, -0.25) is 4.79 Å². The fourth-order valence-corrected chi connectivity index (χ4v) is 0.660. The molecule has 0 spiro atoms. The van der Waals surface area contributed by atoms with Crippen LogP contribution in [0.5, 0.6) is 0 Å². The largest absolute Gasteiger partial charge is 0.463 e. The van der Waals surface area contributed by atoms with E-state index in [0.29, 0.717) is 6.42 Å². The summed E-state index contributed by atoms with van der Waals surface area (Å²) in [4.78, 5) is 12.9. The van der Waals surface area contributed by atoms with E-state index in [0.717, 1.165) is 0 Å². The Bertz CT molecular complexity index is 201. The fourth-order valence-electron chi connectivity index (χ4n) is 0.660. The zero-order valence-electron chi connectivity index (χ0n) is 7.77. The summed E-state index contributed by atoms with van der Waals surface area (Å²) >= 11 is 0. The van der Waals surface area contributed by atoms with Crippen molar-refractivity contribution in [3.05, 3.63) is 10.4 Å². The summed E-state index contributed by atoms with van der Waals surface area (Å²) in [5.74, 6) is -0.347. The van der Waals surface area contributed by atoms with E-state index in [1.807, 2.05) is 6.92 Å². The molecule has 0 aliphatic carbocycles. The smallest absolute Gasteiger partial charge is 0.302 e. The molecule has 6 heteroatoms. The number of rotatable bonds is 6. The highest BCUT2D eigenvalue weighted by molar-refractivity contribution is 5.65. The lowest BCUT2D eigenvalue weighted by Crippen LogP contribution is -2.14. The Hall–Kier alpha value is -1.26. The lowest BCUT2D eigenvalue weighted by Gasteiger charge is -2.09.